The van der Waals surface area contributed by atoms with Crippen molar-refractivity contribution in [2.45, 2.75) is 19.1 Å². The van der Waals surface area contributed by atoms with Gasteiger partial charge in [0, 0.05) is 6.20 Å². The van der Waals surface area contributed by atoms with E-state index in [9.17, 15) is 4.39 Å². The van der Waals surface area contributed by atoms with E-state index in [1.807, 2.05) is 0 Å². The lowest BCUT2D eigenvalue weighted by atomic mass is 10.1. The number of rotatable bonds is 2. The molecular formula is C8H12FN3O. The highest BCUT2D eigenvalue weighted by Crippen LogP contribution is 2.17. The van der Waals surface area contributed by atoms with Gasteiger partial charge in [-0.05, 0) is 18.6 Å². The molecule has 72 valence electrons. The molecule has 0 amide bonds. The average Bonchev–Trinajstić information content (AvgIpc) is 2.08. The maximum Gasteiger partial charge on any atom is 0.236 e. The number of aliphatic hydroxyl groups excluding tert-OH is 1. The Morgan fingerprint density at radius 2 is 2.23 bits per heavy atom. The van der Waals surface area contributed by atoms with Gasteiger partial charge in [0.1, 0.15) is 0 Å². The zero-order valence-electron chi connectivity index (χ0n) is 7.24. The van der Waals surface area contributed by atoms with E-state index in [4.69, 9.17) is 16.6 Å². The minimum atomic E-state index is -0.721. The number of nitrogens with two attached hydrogens (primary N) is 2. The van der Waals surface area contributed by atoms with Crippen LogP contribution in [0.3, 0.4) is 0 Å². The molecule has 0 bridgehead atoms. The summed E-state index contributed by atoms with van der Waals surface area (Å²) in [6, 6.07) is 0.787. The Kier molecular flexibility index (Phi) is 2.79. The van der Waals surface area contributed by atoms with Gasteiger partial charge >= 0.3 is 0 Å². The van der Waals surface area contributed by atoms with Gasteiger partial charge in [0.2, 0.25) is 5.95 Å². The summed E-state index contributed by atoms with van der Waals surface area (Å²) in [7, 11) is 0. The van der Waals surface area contributed by atoms with Gasteiger partial charge in [-0.1, -0.05) is 0 Å². The molecule has 2 atom stereocenters. The van der Waals surface area contributed by atoms with Crippen LogP contribution in [0.15, 0.2) is 12.3 Å². The van der Waals surface area contributed by atoms with Crippen LogP contribution < -0.4 is 11.5 Å². The number of hydrogen-bond donors (Lipinski definition) is 3. The molecule has 0 unspecified atom stereocenters. The van der Waals surface area contributed by atoms with Gasteiger partial charge in [-0.3, -0.25) is 0 Å². The van der Waals surface area contributed by atoms with Crippen LogP contribution in [-0.4, -0.2) is 16.2 Å². The summed E-state index contributed by atoms with van der Waals surface area (Å²) in [5.41, 5.74) is 11.3. The fourth-order valence-corrected chi connectivity index (χ4v) is 0.943. The van der Waals surface area contributed by atoms with Gasteiger partial charge < -0.3 is 16.6 Å². The first-order valence-corrected chi connectivity index (χ1v) is 3.87. The van der Waals surface area contributed by atoms with E-state index in [-0.39, 0.29) is 5.69 Å². The normalized spacial score (nSPS) is 15.4. The van der Waals surface area contributed by atoms with E-state index in [1.54, 1.807) is 6.92 Å². The van der Waals surface area contributed by atoms with Crippen LogP contribution in [0.25, 0.3) is 0 Å². The van der Waals surface area contributed by atoms with Crippen LogP contribution in [-0.2, 0) is 0 Å². The number of halogens is 1. The molecule has 0 aliphatic rings. The first kappa shape index (κ1) is 9.88. The lowest BCUT2D eigenvalue weighted by molar-refractivity contribution is 0.164. The van der Waals surface area contributed by atoms with Crippen molar-refractivity contribution in [1.82, 2.24) is 4.98 Å². The van der Waals surface area contributed by atoms with Crippen LogP contribution in [0, 0.1) is 5.95 Å². The molecule has 0 aliphatic carbocycles. The number of pyridine rings is 1. The predicted molar refractivity (Wildman–Crippen MR) is 47.2 cm³/mol. The maximum atomic E-state index is 12.6. The molecule has 13 heavy (non-hydrogen) atoms. The molecule has 1 aromatic rings. The number of nitrogen functional groups attached to an aromatic ring is 1. The van der Waals surface area contributed by atoms with Crippen molar-refractivity contribution >= 4 is 5.69 Å². The van der Waals surface area contributed by atoms with Gasteiger partial charge in [0.05, 0.1) is 17.8 Å². The molecule has 1 aromatic heterocycles. The van der Waals surface area contributed by atoms with Crippen molar-refractivity contribution in [2.75, 3.05) is 5.73 Å². The van der Waals surface area contributed by atoms with E-state index in [0.717, 1.165) is 0 Å². The van der Waals surface area contributed by atoms with Gasteiger partial charge in [-0.25, -0.2) is 4.98 Å². The summed E-state index contributed by atoms with van der Waals surface area (Å²) < 4.78 is 12.6. The molecular weight excluding hydrogens is 173 g/mol. The molecule has 0 saturated heterocycles. The highest BCUT2D eigenvalue weighted by atomic mass is 19.1. The second-order valence-corrected chi connectivity index (χ2v) is 2.92. The molecule has 0 aliphatic heterocycles. The zero-order chi connectivity index (χ0) is 10.0. The predicted octanol–water partition coefficient (Wildman–Crippen LogP) is 0.184. The van der Waals surface area contributed by atoms with Crippen molar-refractivity contribution in [3.05, 3.63) is 23.8 Å². The molecule has 4 nitrogen and oxygen atoms in total. The summed E-state index contributed by atoms with van der Waals surface area (Å²) in [5, 5.41) is 9.15. The van der Waals surface area contributed by atoms with Gasteiger partial charge in [0.15, 0.2) is 0 Å². The Balaban J connectivity index is 2.97. The molecule has 0 saturated carbocycles. The van der Waals surface area contributed by atoms with Crippen LogP contribution in [0.1, 0.15) is 18.5 Å². The standard InChI is InChI=1S/C8H12FN3O/c1-4(13)7(11)5-2-6(10)8(9)12-3-5/h2-4,7,13H,10-11H2,1H3/t4-,7+/m0/s1. The summed E-state index contributed by atoms with van der Waals surface area (Å²) >= 11 is 0. The Labute approximate surface area is 75.4 Å². The van der Waals surface area contributed by atoms with Crippen LogP contribution >= 0.6 is 0 Å². The minimum Gasteiger partial charge on any atom is -0.395 e. The van der Waals surface area contributed by atoms with E-state index >= 15 is 0 Å². The van der Waals surface area contributed by atoms with Crippen molar-refractivity contribution in [1.29, 1.82) is 0 Å². The molecule has 0 fully saturated rings. The number of nitrogens with zero attached hydrogens (tertiary/aromatic N) is 1. The highest BCUT2D eigenvalue weighted by Gasteiger charge is 2.13. The monoisotopic (exact) mass is 185 g/mol. The SMILES string of the molecule is C[C@H](O)[C@@H](N)c1cnc(F)c(N)c1. The van der Waals surface area contributed by atoms with Crippen LogP contribution in [0.4, 0.5) is 10.1 Å². The Bertz CT molecular complexity index is 303. The third-order valence-electron chi connectivity index (χ3n) is 1.79. The minimum absolute atomic E-state index is 0.0615. The second kappa shape index (κ2) is 3.68. The summed E-state index contributed by atoms with van der Waals surface area (Å²) in [6.07, 6.45) is 0.551. The van der Waals surface area contributed by atoms with Crippen molar-refractivity contribution in [3.8, 4) is 0 Å². The second-order valence-electron chi connectivity index (χ2n) is 2.92. The fourth-order valence-electron chi connectivity index (χ4n) is 0.943. The lowest BCUT2D eigenvalue weighted by Crippen LogP contribution is -2.23. The first-order chi connectivity index (χ1) is 6.02. The van der Waals surface area contributed by atoms with Crippen LogP contribution in [0.2, 0.25) is 0 Å². The summed E-state index contributed by atoms with van der Waals surface area (Å²) in [5.74, 6) is -0.721. The molecule has 1 rings (SSSR count). The number of aromatic nitrogens is 1. The highest BCUT2D eigenvalue weighted by molar-refractivity contribution is 5.39. The van der Waals surface area contributed by atoms with Crippen molar-refractivity contribution < 1.29 is 9.50 Å². The largest absolute Gasteiger partial charge is 0.395 e. The number of aliphatic hydroxyl groups is 1. The summed E-state index contributed by atoms with van der Waals surface area (Å²) in [4.78, 5) is 3.40. The number of hydrogen-bond acceptors (Lipinski definition) is 4. The third kappa shape index (κ3) is 2.13. The molecule has 0 aromatic carbocycles. The smallest absolute Gasteiger partial charge is 0.236 e. The molecule has 1 heterocycles. The first-order valence-electron chi connectivity index (χ1n) is 3.87. The average molecular weight is 185 g/mol. The molecule has 0 radical (unpaired) electrons. The molecule has 5 N–H and O–H groups in total. The zero-order valence-corrected chi connectivity index (χ0v) is 7.24. The Hall–Kier alpha value is -1.20. The lowest BCUT2D eigenvalue weighted by Gasteiger charge is -2.14. The molecule has 5 heteroatoms. The van der Waals surface area contributed by atoms with Gasteiger partial charge in [-0.2, -0.15) is 4.39 Å². The summed E-state index contributed by atoms with van der Waals surface area (Å²) in [6.45, 7) is 1.55. The quantitative estimate of drug-likeness (QED) is 0.574. The molecule has 0 spiro atoms. The van der Waals surface area contributed by atoms with E-state index in [1.165, 1.54) is 12.3 Å². The topological polar surface area (TPSA) is 85.2 Å². The van der Waals surface area contributed by atoms with E-state index in [0.29, 0.717) is 5.56 Å². The maximum absolute atomic E-state index is 12.6. The van der Waals surface area contributed by atoms with Gasteiger partial charge in [-0.15, -0.1) is 0 Å². The Morgan fingerprint density at radius 3 is 2.69 bits per heavy atom. The number of anilines is 1. The van der Waals surface area contributed by atoms with Gasteiger partial charge in [0.25, 0.3) is 0 Å². The van der Waals surface area contributed by atoms with Crippen molar-refractivity contribution in [2.24, 2.45) is 5.73 Å². The van der Waals surface area contributed by atoms with E-state index in [2.05, 4.69) is 4.98 Å². The third-order valence-corrected chi connectivity index (χ3v) is 1.79. The Morgan fingerprint density at radius 1 is 1.62 bits per heavy atom. The van der Waals surface area contributed by atoms with Crippen LogP contribution in [0.5, 0.6) is 0 Å². The van der Waals surface area contributed by atoms with E-state index < -0.39 is 18.1 Å². The fraction of sp³-hybridized carbons (Fsp3) is 0.375. The van der Waals surface area contributed by atoms with Crippen molar-refractivity contribution in [3.63, 3.8) is 0 Å².